The summed E-state index contributed by atoms with van der Waals surface area (Å²) in [6.45, 7) is 1.94. The highest BCUT2D eigenvalue weighted by Gasteiger charge is 2.26. The molecule has 0 bridgehead atoms. The minimum atomic E-state index is -3.25. The van der Waals surface area contributed by atoms with Crippen molar-refractivity contribution in [2.24, 2.45) is 0 Å². The number of halogens is 2. The van der Waals surface area contributed by atoms with Crippen LogP contribution in [0.2, 0.25) is 0 Å². The number of rotatable bonds is 7. The van der Waals surface area contributed by atoms with Gasteiger partial charge in [-0.05, 0) is 6.42 Å². The first-order valence-electron chi connectivity index (χ1n) is 4.11. The van der Waals surface area contributed by atoms with E-state index in [1.807, 2.05) is 6.92 Å². The highest BCUT2D eigenvalue weighted by molar-refractivity contribution is 7.53. The molecule has 0 spiro atoms. The van der Waals surface area contributed by atoms with E-state index in [1.54, 1.807) is 0 Å². The fourth-order valence-electron chi connectivity index (χ4n) is 0.741. The number of unbranched alkanes of at least 4 members (excludes halogenated alkanes) is 1. The Kier molecular flexibility index (Phi) is 6.96. The average Bonchev–Trinajstić information content (AvgIpc) is 2.14. The summed E-state index contributed by atoms with van der Waals surface area (Å²) in [5, 5.41) is 0. The molecule has 0 aromatic carbocycles. The first kappa shape index (κ1) is 13.4. The molecular formula is C7H15ClFO3P. The van der Waals surface area contributed by atoms with Crippen molar-refractivity contribution in [3.05, 3.63) is 0 Å². The van der Waals surface area contributed by atoms with E-state index in [0.717, 1.165) is 6.42 Å². The van der Waals surface area contributed by atoms with Gasteiger partial charge in [0.25, 0.3) is 0 Å². The quantitative estimate of drug-likeness (QED) is 0.500. The van der Waals surface area contributed by atoms with Gasteiger partial charge in [0.1, 0.15) is 0 Å². The Labute approximate surface area is 83.1 Å². The van der Waals surface area contributed by atoms with E-state index in [-0.39, 0.29) is 12.0 Å². The van der Waals surface area contributed by atoms with Crippen LogP contribution in [0, 0.1) is 0 Å². The van der Waals surface area contributed by atoms with Gasteiger partial charge < -0.3 is 4.52 Å². The maximum atomic E-state index is 12.6. The lowest BCUT2D eigenvalue weighted by atomic mass is 10.4. The molecule has 2 unspecified atom stereocenters. The van der Waals surface area contributed by atoms with Crippen LogP contribution in [0.3, 0.4) is 0 Å². The van der Waals surface area contributed by atoms with E-state index in [4.69, 9.17) is 11.6 Å². The highest BCUT2D eigenvalue weighted by atomic mass is 35.5. The maximum absolute atomic E-state index is 12.6. The number of alkyl halides is 2. The molecule has 6 heteroatoms. The van der Waals surface area contributed by atoms with Crippen LogP contribution in [-0.4, -0.2) is 25.5 Å². The Morgan fingerprint density at radius 2 is 2.23 bits per heavy atom. The normalized spacial score (nSPS) is 18.2. The SMILES string of the molecule is CCCCP(=O)(OC)OC(F)CCl. The van der Waals surface area contributed by atoms with Gasteiger partial charge in [0.2, 0.25) is 6.36 Å². The van der Waals surface area contributed by atoms with Gasteiger partial charge in [-0.25, -0.2) is 4.39 Å². The van der Waals surface area contributed by atoms with Crippen molar-refractivity contribution in [2.75, 3.05) is 19.2 Å². The van der Waals surface area contributed by atoms with Crippen LogP contribution in [-0.2, 0) is 13.6 Å². The second kappa shape index (κ2) is 6.77. The lowest BCUT2D eigenvalue weighted by Crippen LogP contribution is -2.08. The summed E-state index contributed by atoms with van der Waals surface area (Å²) in [7, 11) is -2.00. The molecule has 0 amide bonds. The molecule has 0 aliphatic rings. The molecule has 0 aromatic heterocycles. The summed E-state index contributed by atoms with van der Waals surface area (Å²) in [6.07, 6.45) is 0.0516. The Balaban J connectivity index is 4.03. The van der Waals surface area contributed by atoms with E-state index in [1.165, 1.54) is 7.11 Å². The van der Waals surface area contributed by atoms with Gasteiger partial charge in [0.15, 0.2) is 0 Å². The van der Waals surface area contributed by atoms with Crippen molar-refractivity contribution in [1.82, 2.24) is 0 Å². The molecule has 0 N–H and O–H groups in total. The lowest BCUT2D eigenvalue weighted by Gasteiger charge is -2.17. The first-order valence-corrected chi connectivity index (χ1v) is 6.37. The third-order valence-electron chi connectivity index (χ3n) is 1.46. The van der Waals surface area contributed by atoms with Crippen molar-refractivity contribution < 1.29 is 18.0 Å². The van der Waals surface area contributed by atoms with Gasteiger partial charge in [0.05, 0.1) is 12.0 Å². The topological polar surface area (TPSA) is 35.5 Å². The minimum absolute atomic E-state index is 0.233. The monoisotopic (exact) mass is 232 g/mol. The Morgan fingerprint density at radius 1 is 1.62 bits per heavy atom. The Morgan fingerprint density at radius 3 is 2.62 bits per heavy atom. The van der Waals surface area contributed by atoms with Gasteiger partial charge in [-0.3, -0.25) is 9.09 Å². The summed E-state index contributed by atoms with van der Waals surface area (Å²) in [4.78, 5) is 0. The largest absolute Gasteiger partial charge is 0.333 e. The summed E-state index contributed by atoms with van der Waals surface area (Å²) in [6, 6.07) is 0. The van der Waals surface area contributed by atoms with Gasteiger partial charge >= 0.3 is 7.60 Å². The molecule has 0 radical (unpaired) electrons. The molecule has 13 heavy (non-hydrogen) atoms. The molecule has 0 heterocycles. The molecule has 0 saturated heterocycles. The first-order chi connectivity index (χ1) is 6.08. The highest BCUT2D eigenvalue weighted by Crippen LogP contribution is 2.49. The number of hydrogen-bond donors (Lipinski definition) is 0. The second-order valence-electron chi connectivity index (χ2n) is 2.54. The summed E-state index contributed by atoms with van der Waals surface area (Å²) in [5.74, 6) is -0.334. The van der Waals surface area contributed by atoms with Gasteiger partial charge in [-0.2, -0.15) is 0 Å². The van der Waals surface area contributed by atoms with Crippen LogP contribution in [0.25, 0.3) is 0 Å². The van der Waals surface area contributed by atoms with E-state index >= 15 is 0 Å². The van der Waals surface area contributed by atoms with Gasteiger partial charge in [-0.1, -0.05) is 13.3 Å². The van der Waals surface area contributed by atoms with Crippen LogP contribution in [0.5, 0.6) is 0 Å². The Bertz CT molecular complexity index is 179. The molecule has 3 nitrogen and oxygen atoms in total. The van der Waals surface area contributed by atoms with Crippen LogP contribution >= 0.6 is 19.2 Å². The van der Waals surface area contributed by atoms with Crippen molar-refractivity contribution in [1.29, 1.82) is 0 Å². The summed E-state index contributed by atoms with van der Waals surface area (Å²) < 4.78 is 33.4. The average molecular weight is 233 g/mol. The predicted octanol–water partition coefficient (Wildman–Crippen LogP) is 3.18. The number of hydrogen-bond acceptors (Lipinski definition) is 3. The van der Waals surface area contributed by atoms with Gasteiger partial charge in [0, 0.05) is 7.11 Å². The van der Waals surface area contributed by atoms with E-state index in [9.17, 15) is 8.96 Å². The summed E-state index contributed by atoms with van der Waals surface area (Å²) in [5.41, 5.74) is 0. The summed E-state index contributed by atoms with van der Waals surface area (Å²) >= 11 is 5.17. The fraction of sp³-hybridized carbons (Fsp3) is 1.00. The zero-order valence-corrected chi connectivity index (χ0v) is 9.48. The van der Waals surface area contributed by atoms with E-state index in [2.05, 4.69) is 9.05 Å². The predicted molar refractivity (Wildman–Crippen MR) is 51.1 cm³/mol. The van der Waals surface area contributed by atoms with E-state index in [0.29, 0.717) is 6.42 Å². The molecule has 80 valence electrons. The third-order valence-corrected chi connectivity index (χ3v) is 3.67. The zero-order chi connectivity index (χ0) is 10.3. The standard InChI is InChI=1S/C7H15ClFO3P/c1-3-4-5-13(10,11-2)12-7(9)6-8/h7H,3-6H2,1-2H3. The third kappa shape index (κ3) is 5.63. The molecule has 0 aliphatic heterocycles. The van der Waals surface area contributed by atoms with Crippen molar-refractivity contribution in [3.8, 4) is 0 Å². The molecule has 0 saturated carbocycles. The van der Waals surface area contributed by atoms with Crippen molar-refractivity contribution >= 4 is 19.2 Å². The second-order valence-corrected chi connectivity index (χ2v) is 5.09. The molecule has 0 aromatic rings. The lowest BCUT2D eigenvalue weighted by molar-refractivity contribution is 0.0703. The molecule has 0 fully saturated rings. The smallest absolute Gasteiger partial charge is 0.312 e. The maximum Gasteiger partial charge on any atom is 0.333 e. The van der Waals surface area contributed by atoms with Crippen molar-refractivity contribution in [2.45, 2.75) is 26.1 Å². The molecule has 0 rings (SSSR count). The fourth-order valence-corrected chi connectivity index (χ4v) is 2.39. The zero-order valence-electron chi connectivity index (χ0n) is 7.83. The van der Waals surface area contributed by atoms with Gasteiger partial charge in [-0.15, -0.1) is 11.6 Å². The van der Waals surface area contributed by atoms with Crippen LogP contribution in [0.15, 0.2) is 0 Å². The van der Waals surface area contributed by atoms with Crippen molar-refractivity contribution in [3.63, 3.8) is 0 Å². The molecule has 0 aliphatic carbocycles. The van der Waals surface area contributed by atoms with Crippen LogP contribution < -0.4 is 0 Å². The molecular weight excluding hydrogens is 217 g/mol. The Hall–Kier alpha value is 0.370. The van der Waals surface area contributed by atoms with E-state index < -0.39 is 14.0 Å². The molecule has 2 atom stereocenters. The van der Waals surface area contributed by atoms with Crippen LogP contribution in [0.1, 0.15) is 19.8 Å². The minimum Gasteiger partial charge on any atom is -0.312 e. The van der Waals surface area contributed by atoms with Crippen LogP contribution in [0.4, 0.5) is 4.39 Å².